The minimum atomic E-state index is -0.761. The number of ether oxygens (including phenoxy) is 2. The quantitative estimate of drug-likeness (QED) is 0.205. The Bertz CT molecular complexity index is 856. The Labute approximate surface area is 183 Å². The number of nitrogens with zero attached hydrogens (tertiary/aromatic N) is 1. The number of hydrogen-bond acceptors (Lipinski definition) is 6. The first-order valence-electron chi connectivity index (χ1n) is 9.95. The maximum atomic E-state index is 13.0. The third-order valence-corrected chi connectivity index (χ3v) is 5.82. The molecule has 5 nitrogen and oxygen atoms in total. The van der Waals surface area contributed by atoms with Crippen molar-refractivity contribution in [2.75, 3.05) is 19.7 Å². The second-order valence-electron chi connectivity index (χ2n) is 7.11. The van der Waals surface area contributed by atoms with E-state index in [1.54, 1.807) is 23.9 Å². The first-order chi connectivity index (χ1) is 14.3. The molecule has 0 N–H and O–H groups in total. The predicted octanol–water partition coefficient (Wildman–Crippen LogP) is 5.84. The molecule has 0 aliphatic rings. The van der Waals surface area contributed by atoms with Crippen LogP contribution in [0.2, 0.25) is 0 Å². The molecule has 2 aromatic rings. The predicted molar refractivity (Wildman–Crippen MR) is 121 cm³/mol. The highest BCUT2D eigenvalue weighted by molar-refractivity contribution is 7.99. The van der Waals surface area contributed by atoms with Gasteiger partial charge >= 0.3 is 6.16 Å². The highest BCUT2D eigenvalue weighted by atomic mass is 32.2. The van der Waals surface area contributed by atoms with Crippen LogP contribution < -0.4 is 4.74 Å². The van der Waals surface area contributed by atoms with Crippen LogP contribution in [-0.2, 0) is 4.74 Å². The van der Waals surface area contributed by atoms with E-state index in [0.29, 0.717) is 11.3 Å². The zero-order valence-electron chi connectivity index (χ0n) is 18.0. The van der Waals surface area contributed by atoms with Gasteiger partial charge in [-0.05, 0) is 63.3 Å². The monoisotopic (exact) mass is 427 g/mol. The van der Waals surface area contributed by atoms with Gasteiger partial charge in [0.15, 0.2) is 5.78 Å². The van der Waals surface area contributed by atoms with Crippen LogP contribution in [0.1, 0.15) is 38.1 Å². The molecule has 0 saturated heterocycles. The Hall–Kier alpha value is -2.57. The third-order valence-electron chi connectivity index (χ3n) is 4.81. The molecule has 0 amide bonds. The highest BCUT2D eigenvalue weighted by Crippen LogP contribution is 2.30. The van der Waals surface area contributed by atoms with Crippen molar-refractivity contribution < 1.29 is 19.1 Å². The molecule has 6 heteroatoms. The zero-order chi connectivity index (χ0) is 22.1. The summed E-state index contributed by atoms with van der Waals surface area (Å²) >= 11 is 1.57. The van der Waals surface area contributed by atoms with Crippen LogP contribution >= 0.6 is 11.8 Å². The average molecular weight is 428 g/mol. The molecule has 0 atom stereocenters. The Morgan fingerprint density at radius 3 is 2.03 bits per heavy atom. The summed E-state index contributed by atoms with van der Waals surface area (Å²) in [6, 6.07) is 14.8. The standard InChI is InChI=1S/C24H29NO4S/c1-6-17-28-23(27)29-19-11-15-21(16-12-19)30-20-13-9-18(10-14-20)22(26)24(4,5)25(7-2)8-3/h6,9-16H,1,7-8,17H2,2-5H3. The molecule has 0 saturated carbocycles. The topological polar surface area (TPSA) is 55.8 Å². The summed E-state index contributed by atoms with van der Waals surface area (Å²) in [7, 11) is 0. The summed E-state index contributed by atoms with van der Waals surface area (Å²) in [6.45, 7) is 13.3. The number of benzene rings is 2. The van der Waals surface area contributed by atoms with Crippen LogP contribution in [0, 0.1) is 0 Å². The average Bonchev–Trinajstić information content (AvgIpc) is 2.74. The molecule has 30 heavy (non-hydrogen) atoms. The second kappa shape index (κ2) is 11.0. The van der Waals surface area contributed by atoms with Gasteiger partial charge in [0.1, 0.15) is 12.4 Å². The van der Waals surface area contributed by atoms with Crippen molar-refractivity contribution in [3.05, 3.63) is 66.7 Å². The molecular formula is C24H29NO4S. The summed E-state index contributed by atoms with van der Waals surface area (Å²) < 4.78 is 9.86. The second-order valence-corrected chi connectivity index (χ2v) is 8.26. The van der Waals surface area contributed by atoms with E-state index in [2.05, 4.69) is 25.3 Å². The number of carbonyl (C=O) groups is 2. The first kappa shape index (κ1) is 23.7. The van der Waals surface area contributed by atoms with Crippen LogP contribution in [0.25, 0.3) is 0 Å². The lowest BCUT2D eigenvalue weighted by Crippen LogP contribution is -2.49. The Morgan fingerprint density at radius 1 is 1.00 bits per heavy atom. The van der Waals surface area contributed by atoms with Crippen molar-refractivity contribution in [1.82, 2.24) is 4.90 Å². The van der Waals surface area contributed by atoms with Crippen LogP contribution in [0.3, 0.4) is 0 Å². The van der Waals surface area contributed by atoms with E-state index in [9.17, 15) is 9.59 Å². The molecule has 0 bridgehead atoms. The van der Waals surface area contributed by atoms with E-state index >= 15 is 0 Å². The van der Waals surface area contributed by atoms with Crippen LogP contribution in [0.15, 0.2) is 71.0 Å². The van der Waals surface area contributed by atoms with Crippen molar-refractivity contribution in [3.8, 4) is 5.75 Å². The Balaban J connectivity index is 2.01. The van der Waals surface area contributed by atoms with Gasteiger partial charge < -0.3 is 9.47 Å². The molecule has 0 aliphatic carbocycles. The van der Waals surface area contributed by atoms with E-state index in [4.69, 9.17) is 9.47 Å². The molecule has 0 spiro atoms. The van der Waals surface area contributed by atoms with Crippen LogP contribution in [0.4, 0.5) is 4.79 Å². The van der Waals surface area contributed by atoms with Gasteiger partial charge in [0.2, 0.25) is 0 Å². The minimum Gasteiger partial charge on any atom is -0.430 e. The number of Topliss-reactive ketones (excluding diaryl/α,β-unsaturated/α-hetero) is 1. The smallest absolute Gasteiger partial charge is 0.430 e. The number of rotatable bonds is 10. The summed E-state index contributed by atoms with van der Waals surface area (Å²) in [5.74, 6) is 0.528. The zero-order valence-corrected chi connectivity index (χ0v) is 18.8. The summed E-state index contributed by atoms with van der Waals surface area (Å²) in [5.41, 5.74) is 0.166. The van der Waals surface area contributed by atoms with E-state index in [1.807, 2.05) is 50.2 Å². The number of carbonyl (C=O) groups excluding carboxylic acids is 2. The summed E-state index contributed by atoms with van der Waals surface area (Å²) in [4.78, 5) is 28.6. The summed E-state index contributed by atoms with van der Waals surface area (Å²) in [6.07, 6.45) is 0.716. The molecule has 160 valence electrons. The molecule has 2 aromatic carbocycles. The first-order valence-corrected chi connectivity index (χ1v) is 10.8. The highest BCUT2D eigenvalue weighted by Gasteiger charge is 2.33. The lowest BCUT2D eigenvalue weighted by atomic mass is 9.91. The lowest BCUT2D eigenvalue weighted by Gasteiger charge is -2.35. The van der Waals surface area contributed by atoms with E-state index < -0.39 is 11.7 Å². The molecule has 0 heterocycles. The van der Waals surface area contributed by atoms with Gasteiger partial charge in [-0.25, -0.2) is 4.79 Å². The summed E-state index contributed by atoms with van der Waals surface area (Å²) in [5, 5.41) is 0. The fraction of sp³-hybridized carbons (Fsp3) is 0.333. The fourth-order valence-electron chi connectivity index (χ4n) is 3.15. The largest absolute Gasteiger partial charge is 0.514 e. The van der Waals surface area contributed by atoms with Gasteiger partial charge in [-0.3, -0.25) is 9.69 Å². The van der Waals surface area contributed by atoms with Crippen molar-refractivity contribution >= 4 is 23.7 Å². The van der Waals surface area contributed by atoms with Gasteiger partial charge in [0.05, 0.1) is 5.54 Å². The molecule has 0 aliphatic heterocycles. The number of likely N-dealkylation sites (N-methyl/N-ethyl adjacent to an activating group) is 1. The normalized spacial score (nSPS) is 11.2. The number of ketones is 1. The third kappa shape index (κ3) is 6.21. The van der Waals surface area contributed by atoms with Crippen LogP contribution in [0.5, 0.6) is 5.75 Å². The van der Waals surface area contributed by atoms with E-state index in [-0.39, 0.29) is 12.4 Å². The van der Waals surface area contributed by atoms with Gasteiger partial charge in [0.25, 0.3) is 0 Å². The maximum Gasteiger partial charge on any atom is 0.514 e. The van der Waals surface area contributed by atoms with Crippen molar-refractivity contribution in [2.45, 2.75) is 43.0 Å². The molecule has 2 rings (SSSR count). The van der Waals surface area contributed by atoms with Crippen molar-refractivity contribution in [1.29, 1.82) is 0 Å². The molecule has 0 radical (unpaired) electrons. The molecule has 0 unspecified atom stereocenters. The van der Waals surface area contributed by atoms with Crippen molar-refractivity contribution in [3.63, 3.8) is 0 Å². The Morgan fingerprint density at radius 2 is 1.53 bits per heavy atom. The van der Waals surface area contributed by atoms with Gasteiger partial charge in [-0.2, -0.15) is 0 Å². The molecule has 0 aromatic heterocycles. The lowest BCUT2D eigenvalue weighted by molar-refractivity contribution is 0.0668. The van der Waals surface area contributed by atoms with E-state index in [0.717, 1.165) is 22.9 Å². The van der Waals surface area contributed by atoms with E-state index in [1.165, 1.54) is 6.08 Å². The fourth-order valence-corrected chi connectivity index (χ4v) is 3.97. The van der Waals surface area contributed by atoms with Gasteiger partial charge in [-0.1, -0.05) is 50.4 Å². The molecule has 0 fully saturated rings. The SMILES string of the molecule is C=CCOC(=O)Oc1ccc(Sc2ccc(C(=O)C(C)(C)N(CC)CC)cc2)cc1. The number of hydrogen-bond donors (Lipinski definition) is 0. The van der Waals surface area contributed by atoms with Crippen LogP contribution in [-0.4, -0.2) is 42.1 Å². The van der Waals surface area contributed by atoms with Gasteiger partial charge in [0, 0.05) is 15.4 Å². The maximum absolute atomic E-state index is 13.0. The van der Waals surface area contributed by atoms with Crippen molar-refractivity contribution in [2.24, 2.45) is 0 Å². The minimum absolute atomic E-state index is 0.109. The Kier molecular flexibility index (Phi) is 8.69. The van der Waals surface area contributed by atoms with Gasteiger partial charge in [-0.15, -0.1) is 0 Å². The molecular weight excluding hydrogens is 398 g/mol.